The van der Waals surface area contributed by atoms with E-state index in [0.717, 1.165) is 38.4 Å². The van der Waals surface area contributed by atoms with Crippen molar-refractivity contribution in [3.63, 3.8) is 0 Å². The van der Waals surface area contributed by atoms with E-state index < -0.39 is 0 Å². The Labute approximate surface area is 113 Å². The molecule has 1 atom stereocenters. The fourth-order valence-electron chi connectivity index (χ4n) is 3.07. The molecule has 0 amide bonds. The maximum Gasteiger partial charge on any atom is 0.142 e. The predicted octanol–water partition coefficient (Wildman–Crippen LogP) is 3.75. The van der Waals surface area contributed by atoms with Gasteiger partial charge in [0, 0.05) is 24.4 Å². The minimum absolute atomic E-state index is 0.0704. The fourth-order valence-corrected chi connectivity index (χ4v) is 3.07. The monoisotopic (exact) mass is 253 g/mol. The topological polar surface area (TPSA) is 20.3 Å². The van der Waals surface area contributed by atoms with E-state index in [1.807, 2.05) is 0 Å². The van der Waals surface area contributed by atoms with Crippen LogP contribution < -0.4 is 0 Å². The van der Waals surface area contributed by atoms with Crippen LogP contribution in [0.2, 0.25) is 0 Å². The first-order valence-corrected chi connectivity index (χ1v) is 7.71. The van der Waals surface area contributed by atoms with E-state index >= 15 is 0 Å². The summed E-state index contributed by atoms with van der Waals surface area (Å²) in [6.45, 7) is 14.2. The molecule has 1 aliphatic carbocycles. The molecule has 0 saturated heterocycles. The number of ketones is 1. The standard InChI is InChI=1S/C16H31NO/c1-6-13(7-2)11-17(8-3)12-14-9-10-16(4,5)15(14)18/h13-14H,6-12H2,1-5H3. The van der Waals surface area contributed by atoms with Gasteiger partial charge in [-0.2, -0.15) is 0 Å². The average molecular weight is 253 g/mol. The number of Topliss-reactive ketones (excluding diaryl/α,β-unsaturated/α-hetero) is 1. The van der Waals surface area contributed by atoms with Crippen molar-refractivity contribution in [2.24, 2.45) is 17.3 Å². The first kappa shape index (κ1) is 15.7. The van der Waals surface area contributed by atoms with Gasteiger partial charge in [-0.25, -0.2) is 0 Å². The summed E-state index contributed by atoms with van der Waals surface area (Å²) in [7, 11) is 0. The Bertz CT molecular complexity index is 268. The highest BCUT2D eigenvalue weighted by Crippen LogP contribution is 2.37. The van der Waals surface area contributed by atoms with Crippen molar-refractivity contribution in [1.29, 1.82) is 0 Å². The molecular weight excluding hydrogens is 222 g/mol. The van der Waals surface area contributed by atoms with Gasteiger partial charge in [0.2, 0.25) is 0 Å². The van der Waals surface area contributed by atoms with Gasteiger partial charge < -0.3 is 4.90 Å². The van der Waals surface area contributed by atoms with Gasteiger partial charge in [-0.15, -0.1) is 0 Å². The third kappa shape index (κ3) is 3.81. The van der Waals surface area contributed by atoms with E-state index in [9.17, 15) is 4.79 Å². The molecule has 0 heterocycles. The summed E-state index contributed by atoms with van der Waals surface area (Å²) in [6, 6.07) is 0. The van der Waals surface area contributed by atoms with Gasteiger partial charge >= 0.3 is 0 Å². The molecule has 1 fully saturated rings. The molecule has 2 heteroatoms. The minimum atomic E-state index is -0.0704. The molecule has 0 aromatic heterocycles. The minimum Gasteiger partial charge on any atom is -0.303 e. The van der Waals surface area contributed by atoms with Crippen LogP contribution in [0.15, 0.2) is 0 Å². The first-order valence-electron chi connectivity index (χ1n) is 7.71. The van der Waals surface area contributed by atoms with E-state index in [4.69, 9.17) is 0 Å². The second-order valence-corrected chi connectivity index (χ2v) is 6.52. The van der Waals surface area contributed by atoms with Crippen LogP contribution in [-0.2, 0) is 4.79 Å². The Kier molecular flexibility index (Phi) is 5.84. The largest absolute Gasteiger partial charge is 0.303 e. The molecule has 0 N–H and O–H groups in total. The summed E-state index contributed by atoms with van der Waals surface area (Å²) in [6.07, 6.45) is 4.65. The van der Waals surface area contributed by atoms with Gasteiger partial charge in [-0.3, -0.25) is 4.79 Å². The van der Waals surface area contributed by atoms with E-state index in [0.29, 0.717) is 5.78 Å². The van der Waals surface area contributed by atoms with Gasteiger partial charge in [0.15, 0.2) is 0 Å². The van der Waals surface area contributed by atoms with Gasteiger partial charge in [0.25, 0.3) is 0 Å². The molecule has 0 radical (unpaired) electrons. The third-order valence-corrected chi connectivity index (χ3v) is 4.75. The molecule has 0 aromatic rings. The zero-order valence-electron chi connectivity index (χ0n) is 13.0. The third-order valence-electron chi connectivity index (χ3n) is 4.75. The summed E-state index contributed by atoms with van der Waals surface area (Å²) in [5, 5.41) is 0. The Morgan fingerprint density at radius 3 is 2.28 bits per heavy atom. The smallest absolute Gasteiger partial charge is 0.142 e. The SMILES string of the molecule is CCC(CC)CN(CC)CC1CCC(C)(C)C1=O. The van der Waals surface area contributed by atoms with Crippen molar-refractivity contribution >= 4 is 5.78 Å². The molecule has 1 saturated carbocycles. The lowest BCUT2D eigenvalue weighted by molar-refractivity contribution is -0.128. The molecule has 1 aliphatic rings. The molecule has 1 unspecified atom stereocenters. The number of carbonyl (C=O) groups is 1. The zero-order chi connectivity index (χ0) is 13.8. The van der Waals surface area contributed by atoms with E-state index in [-0.39, 0.29) is 11.3 Å². The van der Waals surface area contributed by atoms with Gasteiger partial charge in [0.05, 0.1) is 0 Å². The normalized spacial score (nSPS) is 23.3. The van der Waals surface area contributed by atoms with Crippen molar-refractivity contribution in [1.82, 2.24) is 4.90 Å². The Morgan fingerprint density at radius 1 is 1.28 bits per heavy atom. The van der Waals surface area contributed by atoms with Crippen molar-refractivity contribution in [2.75, 3.05) is 19.6 Å². The van der Waals surface area contributed by atoms with Crippen LogP contribution in [-0.4, -0.2) is 30.3 Å². The second kappa shape index (κ2) is 6.70. The highest BCUT2D eigenvalue weighted by atomic mass is 16.1. The Balaban J connectivity index is 2.51. The van der Waals surface area contributed by atoms with Crippen LogP contribution in [0, 0.1) is 17.3 Å². The number of nitrogens with zero attached hydrogens (tertiary/aromatic N) is 1. The van der Waals surface area contributed by atoms with Crippen LogP contribution in [0.4, 0.5) is 0 Å². The number of hydrogen-bond donors (Lipinski definition) is 0. The molecular formula is C16H31NO. The molecule has 0 aliphatic heterocycles. The lowest BCUT2D eigenvalue weighted by Gasteiger charge is -2.27. The number of hydrogen-bond acceptors (Lipinski definition) is 2. The van der Waals surface area contributed by atoms with Crippen molar-refractivity contribution < 1.29 is 4.79 Å². The van der Waals surface area contributed by atoms with Crippen molar-refractivity contribution in [3.05, 3.63) is 0 Å². The van der Waals surface area contributed by atoms with Crippen LogP contribution in [0.25, 0.3) is 0 Å². The first-order chi connectivity index (χ1) is 8.44. The highest BCUT2D eigenvalue weighted by Gasteiger charge is 2.40. The quantitative estimate of drug-likeness (QED) is 0.688. The molecule has 1 rings (SSSR count). The predicted molar refractivity (Wildman–Crippen MR) is 77.7 cm³/mol. The zero-order valence-corrected chi connectivity index (χ0v) is 13.0. The lowest BCUT2D eigenvalue weighted by Crippen LogP contribution is -2.36. The second-order valence-electron chi connectivity index (χ2n) is 6.52. The van der Waals surface area contributed by atoms with Gasteiger partial charge in [-0.1, -0.05) is 47.5 Å². The van der Waals surface area contributed by atoms with E-state index in [1.165, 1.54) is 12.8 Å². The number of carbonyl (C=O) groups excluding carboxylic acids is 1. The molecule has 0 bridgehead atoms. The van der Waals surface area contributed by atoms with Gasteiger partial charge in [-0.05, 0) is 25.3 Å². The van der Waals surface area contributed by atoms with Crippen LogP contribution in [0.3, 0.4) is 0 Å². The molecule has 0 aromatic carbocycles. The number of rotatable bonds is 7. The summed E-state index contributed by atoms with van der Waals surface area (Å²) < 4.78 is 0. The fraction of sp³-hybridized carbons (Fsp3) is 0.938. The molecule has 18 heavy (non-hydrogen) atoms. The average Bonchev–Trinajstić information content (AvgIpc) is 2.61. The molecule has 2 nitrogen and oxygen atoms in total. The lowest BCUT2D eigenvalue weighted by atomic mass is 9.89. The van der Waals surface area contributed by atoms with Crippen LogP contribution >= 0.6 is 0 Å². The summed E-state index contributed by atoms with van der Waals surface area (Å²) >= 11 is 0. The van der Waals surface area contributed by atoms with Gasteiger partial charge in [0.1, 0.15) is 5.78 Å². The Morgan fingerprint density at radius 2 is 1.89 bits per heavy atom. The van der Waals surface area contributed by atoms with Crippen molar-refractivity contribution in [2.45, 2.75) is 60.3 Å². The highest BCUT2D eigenvalue weighted by molar-refractivity contribution is 5.88. The summed E-state index contributed by atoms with van der Waals surface area (Å²) in [4.78, 5) is 14.8. The van der Waals surface area contributed by atoms with E-state index in [2.05, 4.69) is 39.5 Å². The maximum atomic E-state index is 12.3. The maximum absolute atomic E-state index is 12.3. The summed E-state index contributed by atoms with van der Waals surface area (Å²) in [5.74, 6) is 1.56. The van der Waals surface area contributed by atoms with E-state index in [1.54, 1.807) is 0 Å². The molecule has 0 spiro atoms. The van der Waals surface area contributed by atoms with Crippen molar-refractivity contribution in [3.8, 4) is 0 Å². The molecule has 106 valence electrons. The summed E-state index contributed by atoms with van der Waals surface area (Å²) in [5.41, 5.74) is -0.0704. The Hall–Kier alpha value is -0.370. The van der Waals surface area contributed by atoms with Crippen LogP contribution in [0.5, 0.6) is 0 Å². The van der Waals surface area contributed by atoms with Crippen LogP contribution in [0.1, 0.15) is 60.3 Å².